The highest BCUT2D eigenvalue weighted by atomic mass is 32.2. The number of esters is 1. The van der Waals surface area contributed by atoms with Crippen molar-refractivity contribution in [1.29, 1.82) is 0 Å². The second kappa shape index (κ2) is 4.76. The van der Waals surface area contributed by atoms with E-state index in [0.717, 1.165) is 0 Å². The van der Waals surface area contributed by atoms with Crippen molar-refractivity contribution in [1.82, 2.24) is 10.1 Å². The molecule has 0 aliphatic rings. The van der Waals surface area contributed by atoms with Crippen LogP contribution < -0.4 is 0 Å². The van der Waals surface area contributed by atoms with Crippen molar-refractivity contribution in [3.63, 3.8) is 0 Å². The van der Waals surface area contributed by atoms with Crippen molar-refractivity contribution in [2.24, 2.45) is 0 Å². The molecule has 0 fully saturated rings. The minimum absolute atomic E-state index is 0.247. The van der Waals surface area contributed by atoms with E-state index in [2.05, 4.69) is 19.4 Å². The highest BCUT2D eigenvalue weighted by Gasteiger charge is 2.02. The van der Waals surface area contributed by atoms with Crippen LogP contribution in [0.3, 0.4) is 0 Å². The number of aromatic nitrogens is 2. The summed E-state index contributed by atoms with van der Waals surface area (Å²) in [6, 6.07) is 0. The first-order chi connectivity index (χ1) is 5.83. The van der Waals surface area contributed by atoms with Gasteiger partial charge in [-0.3, -0.25) is 4.79 Å². The quantitative estimate of drug-likeness (QED) is 0.640. The summed E-state index contributed by atoms with van der Waals surface area (Å²) in [5, 5.41) is 3.58. The van der Waals surface area contributed by atoms with Crippen LogP contribution in [0.4, 0.5) is 0 Å². The number of nitrogens with zero attached hydrogens (tertiary/aromatic N) is 2. The number of carbonyl (C=O) groups excluding carboxylic acids is 1. The molecule has 0 aliphatic heterocycles. The van der Waals surface area contributed by atoms with E-state index in [1.165, 1.54) is 25.3 Å². The molecule has 5 nitrogen and oxygen atoms in total. The van der Waals surface area contributed by atoms with Gasteiger partial charge in [0.15, 0.2) is 5.82 Å². The van der Waals surface area contributed by atoms with Gasteiger partial charge in [-0.2, -0.15) is 4.98 Å². The summed E-state index contributed by atoms with van der Waals surface area (Å²) in [6.07, 6.45) is 1.26. The van der Waals surface area contributed by atoms with Crippen molar-refractivity contribution in [2.75, 3.05) is 12.9 Å². The molecule has 0 aliphatic carbocycles. The third-order valence-electron chi connectivity index (χ3n) is 1.09. The number of methoxy groups -OCH3 is 1. The lowest BCUT2D eigenvalue weighted by Crippen LogP contribution is -2.03. The van der Waals surface area contributed by atoms with E-state index < -0.39 is 0 Å². The first kappa shape index (κ1) is 9.05. The normalized spacial score (nSPS) is 9.75. The molecule has 6 heteroatoms. The molecule has 1 rings (SSSR count). The molecular weight excluding hydrogens is 180 g/mol. The standard InChI is InChI=1S/C6H8N2O3S/c1-10-6(9)3-12-2-5-7-4-11-8-5/h4H,2-3H2,1H3. The lowest BCUT2D eigenvalue weighted by atomic mass is 10.7. The molecule has 66 valence electrons. The van der Waals surface area contributed by atoms with Gasteiger partial charge >= 0.3 is 5.97 Å². The van der Waals surface area contributed by atoms with Gasteiger partial charge in [-0.25, -0.2) is 0 Å². The predicted molar refractivity (Wildman–Crippen MR) is 42.5 cm³/mol. The molecule has 1 heterocycles. The van der Waals surface area contributed by atoms with Crippen LogP contribution in [-0.4, -0.2) is 29.0 Å². The fraction of sp³-hybridized carbons (Fsp3) is 0.500. The van der Waals surface area contributed by atoms with Crippen molar-refractivity contribution < 1.29 is 14.1 Å². The summed E-state index contributed by atoms with van der Waals surface area (Å²) < 4.78 is 8.95. The van der Waals surface area contributed by atoms with Crippen LogP contribution in [0.2, 0.25) is 0 Å². The first-order valence-electron chi connectivity index (χ1n) is 3.22. The largest absolute Gasteiger partial charge is 0.468 e. The summed E-state index contributed by atoms with van der Waals surface area (Å²) >= 11 is 1.38. The Bertz CT molecular complexity index is 237. The van der Waals surface area contributed by atoms with Gasteiger partial charge in [0.2, 0.25) is 6.39 Å². The van der Waals surface area contributed by atoms with E-state index in [0.29, 0.717) is 17.3 Å². The van der Waals surface area contributed by atoms with Crippen LogP contribution in [0.25, 0.3) is 0 Å². The zero-order chi connectivity index (χ0) is 8.81. The summed E-state index contributed by atoms with van der Waals surface area (Å²) in [4.78, 5) is 14.4. The number of rotatable bonds is 4. The SMILES string of the molecule is COC(=O)CSCc1ncon1. The van der Waals surface area contributed by atoms with Gasteiger partial charge in [0.1, 0.15) is 0 Å². The lowest BCUT2D eigenvalue weighted by Gasteiger charge is -1.95. The van der Waals surface area contributed by atoms with Gasteiger partial charge in [0, 0.05) is 0 Å². The van der Waals surface area contributed by atoms with Crippen molar-refractivity contribution in [2.45, 2.75) is 5.75 Å². The van der Waals surface area contributed by atoms with E-state index in [4.69, 9.17) is 0 Å². The zero-order valence-electron chi connectivity index (χ0n) is 6.52. The number of hydrogen-bond acceptors (Lipinski definition) is 6. The van der Waals surface area contributed by atoms with Gasteiger partial charge in [-0.05, 0) is 0 Å². The van der Waals surface area contributed by atoms with Gasteiger partial charge in [-0.15, -0.1) is 11.8 Å². The number of ether oxygens (including phenoxy) is 1. The molecule has 0 saturated carbocycles. The molecule has 1 aromatic rings. The van der Waals surface area contributed by atoms with E-state index in [9.17, 15) is 4.79 Å². The van der Waals surface area contributed by atoms with Crippen LogP contribution in [0, 0.1) is 0 Å². The maximum Gasteiger partial charge on any atom is 0.315 e. The van der Waals surface area contributed by atoms with Gasteiger partial charge in [0.05, 0.1) is 18.6 Å². The highest BCUT2D eigenvalue weighted by molar-refractivity contribution is 7.99. The number of hydrogen-bond donors (Lipinski definition) is 0. The number of carbonyl (C=O) groups is 1. The molecule has 0 amide bonds. The smallest absolute Gasteiger partial charge is 0.315 e. The fourth-order valence-corrected chi connectivity index (χ4v) is 1.24. The summed E-state index contributed by atoms with van der Waals surface area (Å²) in [6.45, 7) is 0. The Labute approximate surface area is 73.5 Å². The molecule has 0 spiro atoms. The Balaban J connectivity index is 2.15. The molecule has 0 N–H and O–H groups in total. The highest BCUT2D eigenvalue weighted by Crippen LogP contribution is 2.07. The molecule has 1 aromatic heterocycles. The zero-order valence-corrected chi connectivity index (χ0v) is 7.34. The maximum absolute atomic E-state index is 10.6. The second-order valence-corrected chi connectivity index (χ2v) is 2.90. The molecular formula is C6H8N2O3S. The molecule has 0 saturated heterocycles. The average Bonchev–Trinajstić information content (AvgIpc) is 2.57. The van der Waals surface area contributed by atoms with Gasteiger partial charge < -0.3 is 9.26 Å². The summed E-state index contributed by atoms with van der Waals surface area (Å²) in [5.74, 6) is 1.21. The maximum atomic E-state index is 10.6. The summed E-state index contributed by atoms with van der Waals surface area (Å²) in [5.41, 5.74) is 0. The van der Waals surface area contributed by atoms with Crippen molar-refractivity contribution in [3.05, 3.63) is 12.2 Å². The third kappa shape index (κ3) is 2.91. The van der Waals surface area contributed by atoms with Gasteiger partial charge in [-0.1, -0.05) is 5.16 Å². The first-order valence-corrected chi connectivity index (χ1v) is 4.38. The van der Waals surface area contributed by atoms with E-state index in [-0.39, 0.29) is 5.97 Å². The lowest BCUT2D eigenvalue weighted by molar-refractivity contribution is -0.137. The molecule has 0 aromatic carbocycles. The van der Waals surface area contributed by atoms with Crippen LogP contribution in [-0.2, 0) is 15.3 Å². The topological polar surface area (TPSA) is 65.2 Å². The van der Waals surface area contributed by atoms with E-state index >= 15 is 0 Å². The van der Waals surface area contributed by atoms with Gasteiger partial charge in [0.25, 0.3) is 0 Å². The Morgan fingerprint density at radius 2 is 2.67 bits per heavy atom. The molecule has 0 atom stereocenters. The molecule has 0 unspecified atom stereocenters. The molecule has 0 bridgehead atoms. The molecule has 12 heavy (non-hydrogen) atoms. The molecule has 0 radical (unpaired) electrons. The average molecular weight is 188 g/mol. The third-order valence-corrected chi connectivity index (χ3v) is 1.99. The summed E-state index contributed by atoms with van der Waals surface area (Å²) in [7, 11) is 1.36. The van der Waals surface area contributed by atoms with Crippen molar-refractivity contribution in [3.8, 4) is 0 Å². The second-order valence-electron chi connectivity index (χ2n) is 1.92. The fourth-order valence-electron chi connectivity index (χ4n) is 0.541. The minimum atomic E-state index is -0.247. The minimum Gasteiger partial charge on any atom is -0.468 e. The monoisotopic (exact) mass is 188 g/mol. The Morgan fingerprint density at radius 3 is 3.25 bits per heavy atom. The van der Waals surface area contributed by atoms with Crippen LogP contribution >= 0.6 is 11.8 Å². The number of thioether (sulfide) groups is 1. The Morgan fingerprint density at radius 1 is 1.83 bits per heavy atom. The van der Waals surface area contributed by atoms with E-state index in [1.54, 1.807) is 0 Å². The van der Waals surface area contributed by atoms with Crippen molar-refractivity contribution >= 4 is 17.7 Å². The Hall–Kier alpha value is -1.04. The van der Waals surface area contributed by atoms with Crippen LogP contribution in [0.1, 0.15) is 5.82 Å². The van der Waals surface area contributed by atoms with Crippen LogP contribution in [0.15, 0.2) is 10.9 Å². The Kier molecular flexibility index (Phi) is 3.59. The van der Waals surface area contributed by atoms with Crippen LogP contribution in [0.5, 0.6) is 0 Å². The van der Waals surface area contributed by atoms with E-state index in [1.807, 2.05) is 0 Å². The predicted octanol–water partition coefficient (Wildman–Crippen LogP) is 0.476.